The number of aromatic nitrogens is 1. The Bertz CT molecular complexity index is 1620. The van der Waals surface area contributed by atoms with Crippen molar-refractivity contribution in [3.63, 3.8) is 0 Å². The maximum absolute atomic E-state index is 13.8. The van der Waals surface area contributed by atoms with Crippen LogP contribution in [0.2, 0.25) is 0 Å². The lowest BCUT2D eigenvalue weighted by atomic mass is 9.98. The lowest BCUT2D eigenvalue weighted by Gasteiger charge is -2.23. The highest BCUT2D eigenvalue weighted by molar-refractivity contribution is 7.17. The van der Waals surface area contributed by atoms with Gasteiger partial charge in [-0.1, -0.05) is 42.2 Å². The first-order valence-electron chi connectivity index (χ1n) is 11.5. The Kier molecular flexibility index (Phi) is 6.26. The van der Waals surface area contributed by atoms with Crippen molar-refractivity contribution < 1.29 is 28.6 Å². The molecule has 1 N–H and O–H groups in total. The molecule has 0 aliphatic carbocycles. The van der Waals surface area contributed by atoms with Crippen LogP contribution in [0.25, 0.3) is 11.0 Å². The molecule has 1 atom stereocenters. The summed E-state index contributed by atoms with van der Waals surface area (Å²) in [7, 11) is 0. The molecule has 0 fully saturated rings. The molecule has 0 saturated carbocycles. The fourth-order valence-electron chi connectivity index (χ4n) is 4.28. The van der Waals surface area contributed by atoms with Gasteiger partial charge < -0.3 is 19.0 Å². The SMILES string of the molecule is C=CCOC(=O)c1sc(N2C(=O)c3oc4ccccc4c(=O)c3C2c2ccc(O)c(OCC)c2)nc1C. The second kappa shape index (κ2) is 9.55. The molecule has 1 amide bonds. The van der Waals surface area contributed by atoms with Crippen LogP contribution >= 0.6 is 11.3 Å². The number of hydrogen-bond acceptors (Lipinski definition) is 9. The maximum atomic E-state index is 13.8. The molecule has 2 aromatic heterocycles. The summed E-state index contributed by atoms with van der Waals surface area (Å²) in [5, 5.41) is 10.8. The number of amides is 1. The highest BCUT2D eigenvalue weighted by Crippen LogP contribution is 2.44. The fraction of sp³-hybridized carbons (Fsp3) is 0.185. The number of carbonyl (C=O) groups excluding carboxylic acids is 2. The summed E-state index contributed by atoms with van der Waals surface area (Å²) < 4.78 is 16.6. The van der Waals surface area contributed by atoms with Gasteiger partial charge in [0.25, 0.3) is 5.91 Å². The zero-order chi connectivity index (χ0) is 26.3. The van der Waals surface area contributed by atoms with Crippen LogP contribution in [0.5, 0.6) is 11.5 Å². The van der Waals surface area contributed by atoms with Crippen molar-refractivity contribution in [2.75, 3.05) is 18.1 Å². The second-order valence-corrected chi connectivity index (χ2v) is 9.18. The number of aryl methyl sites for hydroxylation is 1. The fourth-order valence-corrected chi connectivity index (χ4v) is 5.27. The molecule has 2 aromatic carbocycles. The molecule has 188 valence electrons. The third-order valence-electron chi connectivity index (χ3n) is 5.89. The minimum absolute atomic E-state index is 0.0287. The standard InChI is InChI=1S/C27H22N2O7S/c1-4-12-35-26(33)24-14(3)28-27(37-24)29-21(15-10-11-17(30)19(13-15)34-5-2)20-22(31)16-8-6-7-9-18(16)36-23(20)25(29)32/h4,6-11,13,21,30H,1,5,12H2,2-3H3. The number of phenolic OH excluding ortho intramolecular Hbond substituents is 1. The van der Waals surface area contributed by atoms with Gasteiger partial charge in [-0.05, 0) is 43.7 Å². The first-order chi connectivity index (χ1) is 17.8. The number of fused-ring (bicyclic) bond motifs is 2. The molecular weight excluding hydrogens is 496 g/mol. The van der Waals surface area contributed by atoms with E-state index in [1.807, 2.05) is 0 Å². The number of para-hydroxylation sites is 1. The number of esters is 1. The molecule has 10 heteroatoms. The monoisotopic (exact) mass is 518 g/mol. The van der Waals surface area contributed by atoms with Crippen LogP contribution in [-0.2, 0) is 4.74 Å². The number of anilines is 1. The van der Waals surface area contributed by atoms with Gasteiger partial charge in [0, 0.05) is 0 Å². The van der Waals surface area contributed by atoms with E-state index in [4.69, 9.17) is 13.9 Å². The Morgan fingerprint density at radius 2 is 2.05 bits per heavy atom. The van der Waals surface area contributed by atoms with E-state index in [0.29, 0.717) is 23.3 Å². The predicted molar refractivity (Wildman–Crippen MR) is 138 cm³/mol. The Morgan fingerprint density at radius 1 is 1.27 bits per heavy atom. The zero-order valence-electron chi connectivity index (χ0n) is 20.0. The smallest absolute Gasteiger partial charge is 0.350 e. The van der Waals surface area contributed by atoms with Gasteiger partial charge in [0.15, 0.2) is 22.1 Å². The maximum Gasteiger partial charge on any atom is 0.350 e. The van der Waals surface area contributed by atoms with Crippen LogP contribution in [0.15, 0.2) is 64.3 Å². The van der Waals surface area contributed by atoms with E-state index in [1.165, 1.54) is 17.0 Å². The average molecular weight is 519 g/mol. The van der Waals surface area contributed by atoms with Crippen LogP contribution in [0.3, 0.4) is 0 Å². The quantitative estimate of drug-likeness (QED) is 0.275. The molecule has 0 saturated heterocycles. The first-order valence-corrected chi connectivity index (χ1v) is 12.3. The lowest BCUT2D eigenvalue weighted by molar-refractivity contribution is 0.0554. The highest BCUT2D eigenvalue weighted by atomic mass is 32.1. The van der Waals surface area contributed by atoms with Gasteiger partial charge in [0.05, 0.1) is 29.3 Å². The van der Waals surface area contributed by atoms with Crippen LogP contribution in [0.4, 0.5) is 5.13 Å². The Morgan fingerprint density at radius 3 is 2.81 bits per heavy atom. The largest absolute Gasteiger partial charge is 0.504 e. The van der Waals surface area contributed by atoms with E-state index < -0.39 is 17.9 Å². The van der Waals surface area contributed by atoms with Crippen molar-refractivity contribution in [2.45, 2.75) is 19.9 Å². The number of thiazole rings is 1. The summed E-state index contributed by atoms with van der Waals surface area (Å²) in [6.45, 7) is 7.28. The second-order valence-electron chi connectivity index (χ2n) is 8.21. The van der Waals surface area contributed by atoms with E-state index in [9.17, 15) is 19.5 Å². The van der Waals surface area contributed by atoms with Crippen molar-refractivity contribution in [3.05, 3.63) is 92.8 Å². The summed E-state index contributed by atoms with van der Waals surface area (Å²) >= 11 is 0.977. The van der Waals surface area contributed by atoms with Gasteiger partial charge in [-0.25, -0.2) is 9.78 Å². The van der Waals surface area contributed by atoms with Crippen molar-refractivity contribution in [2.24, 2.45) is 0 Å². The molecule has 0 spiro atoms. The molecule has 5 rings (SSSR count). The van der Waals surface area contributed by atoms with Crippen molar-refractivity contribution in [1.29, 1.82) is 0 Å². The van der Waals surface area contributed by atoms with Crippen molar-refractivity contribution in [3.8, 4) is 11.5 Å². The van der Waals surface area contributed by atoms with Gasteiger partial charge >= 0.3 is 5.97 Å². The molecule has 0 radical (unpaired) electrons. The number of phenols is 1. The number of ether oxygens (including phenoxy) is 2. The number of carbonyl (C=O) groups is 2. The van der Waals surface area contributed by atoms with E-state index in [2.05, 4.69) is 11.6 Å². The number of aromatic hydroxyl groups is 1. The summed E-state index contributed by atoms with van der Waals surface area (Å²) in [6.07, 6.45) is 1.45. The van der Waals surface area contributed by atoms with Crippen molar-refractivity contribution in [1.82, 2.24) is 4.98 Å². The molecule has 1 aliphatic heterocycles. The minimum Gasteiger partial charge on any atom is -0.504 e. The minimum atomic E-state index is -0.939. The molecule has 1 unspecified atom stereocenters. The predicted octanol–water partition coefficient (Wildman–Crippen LogP) is 4.75. The molecule has 4 aromatic rings. The average Bonchev–Trinajstić information content (AvgIpc) is 3.41. The summed E-state index contributed by atoms with van der Waals surface area (Å²) in [6, 6.07) is 10.4. The van der Waals surface area contributed by atoms with E-state index in [1.54, 1.807) is 50.2 Å². The Balaban J connectivity index is 1.72. The zero-order valence-corrected chi connectivity index (χ0v) is 20.8. The van der Waals surface area contributed by atoms with Gasteiger partial charge in [0.2, 0.25) is 5.76 Å². The van der Waals surface area contributed by atoms with Crippen LogP contribution < -0.4 is 15.1 Å². The van der Waals surface area contributed by atoms with Gasteiger partial charge in [-0.2, -0.15) is 0 Å². The summed E-state index contributed by atoms with van der Waals surface area (Å²) in [5.74, 6) is -1.15. The van der Waals surface area contributed by atoms with Gasteiger partial charge in [0.1, 0.15) is 17.1 Å². The number of nitrogens with zero attached hydrogens (tertiary/aromatic N) is 2. The van der Waals surface area contributed by atoms with Crippen LogP contribution in [-0.4, -0.2) is 35.2 Å². The molecule has 37 heavy (non-hydrogen) atoms. The van der Waals surface area contributed by atoms with E-state index >= 15 is 0 Å². The van der Waals surface area contributed by atoms with E-state index in [-0.39, 0.29) is 50.5 Å². The molecular formula is C27H22N2O7S. The number of hydrogen-bond donors (Lipinski definition) is 1. The molecule has 3 heterocycles. The van der Waals surface area contributed by atoms with Crippen LogP contribution in [0.1, 0.15) is 50.0 Å². The normalized spacial score (nSPS) is 14.6. The molecule has 1 aliphatic rings. The number of benzene rings is 2. The topological polar surface area (TPSA) is 119 Å². The highest BCUT2D eigenvalue weighted by Gasteiger charge is 2.45. The third-order valence-corrected chi connectivity index (χ3v) is 7.02. The number of rotatable bonds is 7. The van der Waals surface area contributed by atoms with Gasteiger partial charge in [-0.3, -0.25) is 14.5 Å². The third kappa shape index (κ3) is 4.05. The summed E-state index contributed by atoms with van der Waals surface area (Å²) in [4.78, 5) is 46.0. The van der Waals surface area contributed by atoms with Crippen LogP contribution in [0, 0.1) is 6.92 Å². The lowest BCUT2D eigenvalue weighted by Crippen LogP contribution is -2.29. The first kappa shape index (κ1) is 24.3. The molecule has 0 bridgehead atoms. The summed E-state index contributed by atoms with van der Waals surface area (Å²) in [5.41, 5.74) is 0.939. The van der Waals surface area contributed by atoms with Crippen molar-refractivity contribution >= 4 is 39.3 Å². The van der Waals surface area contributed by atoms with Gasteiger partial charge in [-0.15, -0.1) is 0 Å². The van der Waals surface area contributed by atoms with E-state index in [0.717, 1.165) is 11.3 Å². The Hall–Kier alpha value is -4.44. The Labute approximate surface area is 215 Å². The molecule has 9 nitrogen and oxygen atoms in total.